The molecule has 0 aliphatic heterocycles. The van der Waals surface area contributed by atoms with E-state index in [1.54, 1.807) is 48.5 Å². The summed E-state index contributed by atoms with van der Waals surface area (Å²) >= 11 is 0. The van der Waals surface area contributed by atoms with E-state index in [9.17, 15) is 18.0 Å². The van der Waals surface area contributed by atoms with Gasteiger partial charge >= 0.3 is 0 Å². The molecule has 45 heavy (non-hydrogen) atoms. The number of amides is 2. The second kappa shape index (κ2) is 14.1. The van der Waals surface area contributed by atoms with Gasteiger partial charge in [-0.25, -0.2) is 12.8 Å². The number of sulfonamides is 1. The third-order valence-electron chi connectivity index (χ3n) is 7.17. The summed E-state index contributed by atoms with van der Waals surface area (Å²) in [5, 5.41) is 2.97. The number of halogens is 1. The molecule has 0 heterocycles. The first kappa shape index (κ1) is 33.4. The Morgan fingerprint density at radius 3 is 1.96 bits per heavy atom. The topological polar surface area (TPSA) is 86.8 Å². The fraction of sp³-hybridized carbons (Fsp3) is 0.278. The molecular weight excluding hydrogens is 589 g/mol. The van der Waals surface area contributed by atoms with Gasteiger partial charge in [-0.3, -0.25) is 13.9 Å². The number of aryl methyl sites for hydroxylation is 2. The number of nitrogens with zero attached hydrogens (tertiary/aromatic N) is 2. The van der Waals surface area contributed by atoms with Gasteiger partial charge in [0.05, 0.1) is 10.6 Å². The first-order valence-electron chi connectivity index (χ1n) is 14.8. The van der Waals surface area contributed by atoms with Crippen LogP contribution in [0, 0.1) is 19.7 Å². The summed E-state index contributed by atoms with van der Waals surface area (Å²) in [6, 6.07) is 27.4. The number of rotatable bonds is 11. The van der Waals surface area contributed by atoms with Gasteiger partial charge in [0.15, 0.2) is 0 Å². The number of hydrogen-bond acceptors (Lipinski definition) is 4. The highest BCUT2D eigenvalue weighted by Gasteiger charge is 2.36. The molecule has 0 bridgehead atoms. The molecular formula is C36H40FN3O4S. The second-order valence-corrected chi connectivity index (χ2v) is 14.1. The summed E-state index contributed by atoms with van der Waals surface area (Å²) in [5.41, 5.74) is 2.33. The summed E-state index contributed by atoms with van der Waals surface area (Å²) in [6.45, 7) is 8.35. The van der Waals surface area contributed by atoms with Crippen LogP contribution in [0.15, 0.2) is 108 Å². The zero-order chi connectivity index (χ0) is 32.8. The monoisotopic (exact) mass is 629 g/mol. The highest BCUT2D eigenvalue weighted by Crippen LogP contribution is 2.27. The van der Waals surface area contributed by atoms with E-state index in [1.807, 2.05) is 71.0 Å². The highest BCUT2D eigenvalue weighted by atomic mass is 32.2. The van der Waals surface area contributed by atoms with Crippen LogP contribution in [-0.4, -0.2) is 43.3 Å². The zero-order valence-electron chi connectivity index (χ0n) is 26.3. The number of benzene rings is 4. The van der Waals surface area contributed by atoms with E-state index in [4.69, 9.17) is 0 Å². The lowest BCUT2D eigenvalue weighted by Crippen LogP contribution is -2.56. The number of anilines is 1. The van der Waals surface area contributed by atoms with Crippen molar-refractivity contribution in [2.45, 2.75) is 64.1 Å². The number of carbonyl (C=O) groups excluding carboxylic acids is 2. The molecule has 0 fully saturated rings. The largest absolute Gasteiger partial charge is 0.350 e. The van der Waals surface area contributed by atoms with Crippen molar-refractivity contribution in [3.05, 3.63) is 131 Å². The maximum Gasteiger partial charge on any atom is 0.264 e. The fourth-order valence-electron chi connectivity index (χ4n) is 5.16. The van der Waals surface area contributed by atoms with E-state index >= 15 is 4.39 Å². The van der Waals surface area contributed by atoms with Gasteiger partial charge < -0.3 is 10.2 Å². The predicted molar refractivity (Wildman–Crippen MR) is 176 cm³/mol. The molecule has 2 amide bonds. The molecule has 1 N–H and O–H groups in total. The van der Waals surface area contributed by atoms with Gasteiger partial charge in [-0.1, -0.05) is 72.8 Å². The third kappa shape index (κ3) is 8.79. The van der Waals surface area contributed by atoms with E-state index < -0.39 is 45.8 Å². The fourth-order valence-corrected chi connectivity index (χ4v) is 6.58. The van der Waals surface area contributed by atoms with E-state index in [0.717, 1.165) is 21.0 Å². The Morgan fingerprint density at radius 2 is 1.38 bits per heavy atom. The Balaban J connectivity index is 1.84. The Morgan fingerprint density at radius 1 is 0.822 bits per heavy atom. The van der Waals surface area contributed by atoms with Crippen LogP contribution in [-0.2, 0) is 32.6 Å². The summed E-state index contributed by atoms with van der Waals surface area (Å²) < 4.78 is 44.4. The first-order valence-corrected chi connectivity index (χ1v) is 16.2. The molecule has 0 aliphatic carbocycles. The molecule has 1 atom stereocenters. The van der Waals surface area contributed by atoms with Gasteiger partial charge in [-0.2, -0.15) is 0 Å². The van der Waals surface area contributed by atoms with Crippen molar-refractivity contribution >= 4 is 27.5 Å². The zero-order valence-corrected chi connectivity index (χ0v) is 27.1. The normalized spacial score (nSPS) is 12.3. The second-order valence-electron chi connectivity index (χ2n) is 12.2. The van der Waals surface area contributed by atoms with Crippen LogP contribution < -0.4 is 9.62 Å². The Hall–Kier alpha value is -4.50. The smallest absolute Gasteiger partial charge is 0.264 e. The molecule has 0 aromatic heterocycles. The van der Waals surface area contributed by atoms with Gasteiger partial charge in [-0.15, -0.1) is 0 Å². The lowest BCUT2D eigenvalue weighted by Gasteiger charge is -2.35. The predicted octanol–water partition coefficient (Wildman–Crippen LogP) is 6.19. The Bertz CT molecular complexity index is 1720. The molecule has 0 saturated carbocycles. The van der Waals surface area contributed by atoms with Crippen molar-refractivity contribution < 1.29 is 22.4 Å². The molecule has 0 saturated heterocycles. The molecule has 0 radical (unpaired) electrons. The van der Waals surface area contributed by atoms with Crippen LogP contribution in [0.2, 0.25) is 0 Å². The molecule has 4 aromatic rings. The molecule has 0 spiro atoms. The lowest BCUT2D eigenvalue weighted by molar-refractivity contribution is -0.140. The minimum Gasteiger partial charge on any atom is -0.350 e. The maximum atomic E-state index is 15.1. The van der Waals surface area contributed by atoms with Crippen molar-refractivity contribution in [2.24, 2.45) is 0 Å². The van der Waals surface area contributed by atoms with E-state index in [2.05, 4.69) is 5.32 Å². The molecule has 236 valence electrons. The quantitative estimate of drug-likeness (QED) is 0.214. The van der Waals surface area contributed by atoms with Crippen LogP contribution >= 0.6 is 0 Å². The molecule has 1 unspecified atom stereocenters. The van der Waals surface area contributed by atoms with Gasteiger partial charge in [0.1, 0.15) is 18.4 Å². The van der Waals surface area contributed by atoms with E-state index in [1.165, 1.54) is 23.1 Å². The van der Waals surface area contributed by atoms with Gasteiger partial charge in [0.2, 0.25) is 11.8 Å². The van der Waals surface area contributed by atoms with Gasteiger partial charge in [0, 0.05) is 24.1 Å². The summed E-state index contributed by atoms with van der Waals surface area (Å²) in [7, 11) is -4.22. The van der Waals surface area contributed by atoms with Crippen LogP contribution in [0.4, 0.5) is 10.1 Å². The molecule has 7 nitrogen and oxygen atoms in total. The van der Waals surface area contributed by atoms with Crippen molar-refractivity contribution in [3.8, 4) is 0 Å². The van der Waals surface area contributed by atoms with Crippen LogP contribution in [0.3, 0.4) is 0 Å². The molecule has 9 heteroatoms. The van der Waals surface area contributed by atoms with Gasteiger partial charge in [-0.05, 0) is 81.6 Å². The Labute approximate surface area is 265 Å². The molecule has 4 aromatic carbocycles. The average molecular weight is 630 g/mol. The summed E-state index contributed by atoms with van der Waals surface area (Å²) in [5.74, 6) is -1.62. The first-order chi connectivity index (χ1) is 21.2. The molecule has 0 aliphatic rings. The molecule has 4 rings (SSSR count). The van der Waals surface area contributed by atoms with Crippen molar-refractivity contribution in [2.75, 3.05) is 10.8 Å². The summed E-state index contributed by atoms with van der Waals surface area (Å²) in [6.07, 6.45) is 0.137. The highest BCUT2D eigenvalue weighted by molar-refractivity contribution is 7.92. The lowest BCUT2D eigenvalue weighted by atomic mass is 10.0. The van der Waals surface area contributed by atoms with E-state index in [-0.39, 0.29) is 23.4 Å². The number of carbonyl (C=O) groups is 2. The van der Waals surface area contributed by atoms with Crippen LogP contribution in [0.25, 0.3) is 0 Å². The number of hydrogen-bond donors (Lipinski definition) is 1. The minimum atomic E-state index is -4.22. The van der Waals surface area contributed by atoms with Crippen LogP contribution in [0.5, 0.6) is 0 Å². The average Bonchev–Trinajstić information content (AvgIpc) is 2.98. The van der Waals surface area contributed by atoms with Crippen molar-refractivity contribution in [3.63, 3.8) is 0 Å². The minimum absolute atomic E-state index is 0.0175. The maximum absolute atomic E-state index is 15.1. The Kier molecular flexibility index (Phi) is 10.4. The van der Waals surface area contributed by atoms with Gasteiger partial charge in [0.25, 0.3) is 10.0 Å². The third-order valence-corrected chi connectivity index (χ3v) is 8.96. The van der Waals surface area contributed by atoms with Crippen molar-refractivity contribution in [1.82, 2.24) is 10.2 Å². The van der Waals surface area contributed by atoms with Crippen molar-refractivity contribution in [1.29, 1.82) is 0 Å². The standard InChI is InChI=1S/C36H40FN3O4S/c1-26-20-27(2)22-30(21-26)40(45(43,44)31-17-10-7-11-18-31)25-34(41)39(24-29-16-12-13-19-32(29)37)33(35(42)38-36(3,4)5)23-28-14-8-6-9-15-28/h6-22,33H,23-25H2,1-5H3,(H,38,42). The SMILES string of the molecule is Cc1cc(C)cc(N(CC(=O)N(Cc2ccccc2F)C(Cc2ccccc2)C(=O)NC(C)(C)C)S(=O)(=O)c2ccccc2)c1. The van der Waals surface area contributed by atoms with E-state index in [0.29, 0.717) is 5.69 Å². The van der Waals surface area contributed by atoms with Crippen LogP contribution in [0.1, 0.15) is 43.0 Å². The summed E-state index contributed by atoms with van der Waals surface area (Å²) in [4.78, 5) is 29.7. The number of nitrogens with one attached hydrogen (secondary N) is 1.